The number of benzene rings is 1. The molecule has 2 aromatic heterocycles. The molecular weight excluding hydrogens is 298 g/mol. The van der Waals surface area contributed by atoms with Crippen molar-refractivity contribution >= 4 is 40.1 Å². The van der Waals surface area contributed by atoms with E-state index in [1.807, 2.05) is 35.9 Å². The number of para-hydroxylation sites is 2. The third-order valence-corrected chi connectivity index (χ3v) is 3.53. The minimum absolute atomic E-state index is 0.221. The van der Waals surface area contributed by atoms with E-state index in [4.69, 9.17) is 18.0 Å². The molecular formula is C15H13N5OS. The molecule has 0 fully saturated rings. The van der Waals surface area contributed by atoms with Crippen LogP contribution in [0.4, 0.5) is 5.95 Å². The monoisotopic (exact) mass is 311 g/mol. The Bertz CT molecular complexity index is 887. The maximum atomic E-state index is 12.3. The van der Waals surface area contributed by atoms with Gasteiger partial charge < -0.3 is 10.3 Å². The van der Waals surface area contributed by atoms with Crippen molar-refractivity contribution in [3.05, 3.63) is 53.9 Å². The topological polar surface area (TPSA) is 85.8 Å². The van der Waals surface area contributed by atoms with Crippen molar-refractivity contribution in [1.82, 2.24) is 14.5 Å². The molecule has 0 saturated heterocycles. The SMILES string of the molecule is Cn1c(NC(=O)c2cc(C(N)=S)ccn2)nc2ccccc21. The van der Waals surface area contributed by atoms with Crippen LogP contribution in [0.25, 0.3) is 11.0 Å². The van der Waals surface area contributed by atoms with E-state index in [2.05, 4.69) is 15.3 Å². The number of pyridine rings is 1. The molecule has 1 aromatic carbocycles. The van der Waals surface area contributed by atoms with Crippen LogP contribution in [-0.4, -0.2) is 25.4 Å². The second-order valence-corrected chi connectivity index (χ2v) is 5.17. The normalized spacial score (nSPS) is 10.6. The van der Waals surface area contributed by atoms with Crippen molar-refractivity contribution in [2.75, 3.05) is 5.32 Å². The number of carbonyl (C=O) groups is 1. The highest BCUT2D eigenvalue weighted by Crippen LogP contribution is 2.18. The number of imidazole rings is 1. The minimum Gasteiger partial charge on any atom is -0.389 e. The first-order valence-corrected chi connectivity index (χ1v) is 6.96. The third-order valence-electron chi connectivity index (χ3n) is 3.29. The number of thiocarbonyl (C=S) groups is 1. The number of rotatable bonds is 3. The minimum atomic E-state index is -0.364. The van der Waals surface area contributed by atoms with Gasteiger partial charge >= 0.3 is 0 Å². The molecule has 3 rings (SSSR count). The average molecular weight is 311 g/mol. The van der Waals surface area contributed by atoms with Crippen molar-refractivity contribution in [3.63, 3.8) is 0 Å². The lowest BCUT2D eigenvalue weighted by molar-refractivity contribution is 0.102. The number of hydrogen-bond acceptors (Lipinski definition) is 4. The van der Waals surface area contributed by atoms with Crippen LogP contribution >= 0.6 is 12.2 Å². The number of nitrogens with one attached hydrogen (secondary N) is 1. The molecule has 0 aliphatic rings. The van der Waals surface area contributed by atoms with Crippen LogP contribution in [0.1, 0.15) is 16.1 Å². The Hall–Kier alpha value is -2.80. The van der Waals surface area contributed by atoms with E-state index in [9.17, 15) is 4.79 Å². The van der Waals surface area contributed by atoms with Crippen LogP contribution in [0, 0.1) is 0 Å². The molecule has 0 aliphatic heterocycles. The van der Waals surface area contributed by atoms with E-state index in [1.165, 1.54) is 6.20 Å². The molecule has 0 unspecified atom stereocenters. The molecule has 6 nitrogen and oxygen atoms in total. The Morgan fingerprint density at radius 3 is 2.82 bits per heavy atom. The predicted octanol–water partition coefficient (Wildman–Crippen LogP) is 1.85. The van der Waals surface area contributed by atoms with Gasteiger partial charge in [-0.05, 0) is 24.3 Å². The van der Waals surface area contributed by atoms with Gasteiger partial charge in [-0.25, -0.2) is 4.98 Å². The van der Waals surface area contributed by atoms with Gasteiger partial charge in [0.25, 0.3) is 5.91 Å². The van der Waals surface area contributed by atoms with Gasteiger partial charge in [-0.2, -0.15) is 0 Å². The van der Waals surface area contributed by atoms with Crippen LogP contribution < -0.4 is 11.1 Å². The highest BCUT2D eigenvalue weighted by molar-refractivity contribution is 7.80. The summed E-state index contributed by atoms with van der Waals surface area (Å²) in [4.78, 5) is 21.0. The number of aryl methyl sites for hydroxylation is 1. The number of fused-ring (bicyclic) bond motifs is 1. The van der Waals surface area contributed by atoms with E-state index in [-0.39, 0.29) is 16.6 Å². The molecule has 22 heavy (non-hydrogen) atoms. The summed E-state index contributed by atoms with van der Waals surface area (Å²) in [6, 6.07) is 10.9. The van der Waals surface area contributed by atoms with Gasteiger partial charge in [-0.3, -0.25) is 15.1 Å². The first-order chi connectivity index (χ1) is 10.6. The largest absolute Gasteiger partial charge is 0.389 e. The molecule has 110 valence electrons. The lowest BCUT2D eigenvalue weighted by Gasteiger charge is -2.05. The van der Waals surface area contributed by atoms with E-state index in [1.54, 1.807) is 12.1 Å². The zero-order valence-corrected chi connectivity index (χ0v) is 12.6. The number of carbonyl (C=O) groups excluding carboxylic acids is 1. The number of hydrogen-bond donors (Lipinski definition) is 2. The molecule has 0 bridgehead atoms. The number of nitrogens with zero attached hydrogens (tertiary/aromatic N) is 3. The molecule has 0 spiro atoms. The molecule has 0 aliphatic carbocycles. The summed E-state index contributed by atoms with van der Waals surface area (Å²) < 4.78 is 1.81. The average Bonchev–Trinajstić information content (AvgIpc) is 2.84. The first kappa shape index (κ1) is 14.2. The fourth-order valence-electron chi connectivity index (χ4n) is 2.13. The Morgan fingerprint density at radius 1 is 1.32 bits per heavy atom. The van der Waals surface area contributed by atoms with Gasteiger partial charge in [0.05, 0.1) is 11.0 Å². The van der Waals surface area contributed by atoms with Crippen molar-refractivity contribution in [1.29, 1.82) is 0 Å². The maximum Gasteiger partial charge on any atom is 0.276 e. The van der Waals surface area contributed by atoms with Crippen LogP contribution in [0.3, 0.4) is 0 Å². The van der Waals surface area contributed by atoms with Gasteiger partial charge in [0.2, 0.25) is 5.95 Å². The quantitative estimate of drug-likeness (QED) is 0.721. The number of aromatic nitrogens is 3. The Balaban J connectivity index is 1.91. The molecule has 2 heterocycles. The summed E-state index contributed by atoms with van der Waals surface area (Å²) in [6.07, 6.45) is 1.50. The first-order valence-electron chi connectivity index (χ1n) is 6.55. The lowest BCUT2D eigenvalue weighted by Crippen LogP contribution is -2.18. The van der Waals surface area contributed by atoms with Crippen molar-refractivity contribution in [2.24, 2.45) is 12.8 Å². The summed E-state index contributed by atoms with van der Waals surface area (Å²) in [7, 11) is 1.84. The van der Waals surface area contributed by atoms with Crippen LogP contribution in [0.15, 0.2) is 42.6 Å². The van der Waals surface area contributed by atoms with Crippen molar-refractivity contribution in [2.45, 2.75) is 0 Å². The Labute approximate surface area is 132 Å². The van der Waals surface area contributed by atoms with Gasteiger partial charge in [-0.15, -0.1) is 0 Å². The van der Waals surface area contributed by atoms with E-state index < -0.39 is 0 Å². The summed E-state index contributed by atoms with van der Waals surface area (Å²) in [5.41, 5.74) is 8.14. The number of anilines is 1. The summed E-state index contributed by atoms with van der Waals surface area (Å²) in [5.74, 6) is 0.0882. The van der Waals surface area contributed by atoms with Gasteiger partial charge in [-0.1, -0.05) is 24.4 Å². The predicted molar refractivity (Wildman–Crippen MR) is 88.8 cm³/mol. The molecule has 7 heteroatoms. The zero-order chi connectivity index (χ0) is 15.7. The fraction of sp³-hybridized carbons (Fsp3) is 0.0667. The Kier molecular flexibility index (Phi) is 3.56. The van der Waals surface area contributed by atoms with Crippen molar-refractivity contribution in [3.8, 4) is 0 Å². The van der Waals surface area contributed by atoms with Gasteiger partial charge in [0.1, 0.15) is 10.7 Å². The molecule has 3 N–H and O–H groups in total. The number of nitrogens with two attached hydrogens (primary N) is 1. The molecule has 0 radical (unpaired) electrons. The number of amides is 1. The second kappa shape index (κ2) is 5.53. The van der Waals surface area contributed by atoms with Gasteiger partial charge in [0.15, 0.2) is 0 Å². The molecule has 0 saturated carbocycles. The van der Waals surface area contributed by atoms with Crippen LogP contribution in [0.5, 0.6) is 0 Å². The molecule has 0 atom stereocenters. The highest BCUT2D eigenvalue weighted by atomic mass is 32.1. The van der Waals surface area contributed by atoms with E-state index >= 15 is 0 Å². The molecule has 3 aromatic rings. The second-order valence-electron chi connectivity index (χ2n) is 4.73. The van der Waals surface area contributed by atoms with Crippen LogP contribution in [0.2, 0.25) is 0 Å². The van der Waals surface area contributed by atoms with Crippen molar-refractivity contribution < 1.29 is 4.79 Å². The highest BCUT2D eigenvalue weighted by Gasteiger charge is 2.13. The summed E-state index contributed by atoms with van der Waals surface area (Å²) in [5, 5.41) is 2.75. The standard InChI is InChI=1S/C15H13N5OS/c1-20-12-5-3-2-4-10(12)18-15(20)19-14(21)11-8-9(13(16)22)6-7-17-11/h2-8H,1H3,(H2,16,22)(H,18,19,21). The zero-order valence-electron chi connectivity index (χ0n) is 11.8. The third kappa shape index (κ3) is 2.53. The van der Waals surface area contributed by atoms with Crippen LogP contribution in [-0.2, 0) is 7.05 Å². The fourth-order valence-corrected chi connectivity index (χ4v) is 2.26. The smallest absolute Gasteiger partial charge is 0.276 e. The van der Waals surface area contributed by atoms with Gasteiger partial charge in [0, 0.05) is 18.8 Å². The summed E-state index contributed by atoms with van der Waals surface area (Å²) >= 11 is 4.90. The molecule has 1 amide bonds. The Morgan fingerprint density at radius 2 is 2.09 bits per heavy atom. The van der Waals surface area contributed by atoms with E-state index in [0.29, 0.717) is 11.5 Å². The summed E-state index contributed by atoms with van der Waals surface area (Å²) in [6.45, 7) is 0. The lowest BCUT2D eigenvalue weighted by atomic mass is 10.2. The van der Waals surface area contributed by atoms with E-state index in [0.717, 1.165) is 11.0 Å². The maximum absolute atomic E-state index is 12.3.